The molecule has 21 heavy (non-hydrogen) atoms. The van der Waals surface area contributed by atoms with E-state index in [1.54, 1.807) is 36.7 Å². The van der Waals surface area contributed by atoms with Crippen LogP contribution >= 0.6 is 0 Å². The van der Waals surface area contributed by atoms with Crippen LogP contribution < -0.4 is 4.74 Å². The van der Waals surface area contributed by atoms with Gasteiger partial charge in [0.2, 0.25) is 0 Å². The van der Waals surface area contributed by atoms with Gasteiger partial charge < -0.3 is 4.74 Å². The van der Waals surface area contributed by atoms with E-state index >= 15 is 0 Å². The van der Waals surface area contributed by atoms with Crippen LogP contribution in [0.1, 0.15) is 15.9 Å². The topological polar surface area (TPSA) is 52.1 Å². The Morgan fingerprint density at radius 3 is 2.62 bits per heavy atom. The van der Waals surface area contributed by atoms with Crippen molar-refractivity contribution in [2.45, 2.75) is 0 Å². The zero-order chi connectivity index (χ0) is 14.8. The average Bonchev–Trinajstić information content (AvgIpc) is 2.54. The minimum Gasteiger partial charge on any atom is -0.494 e. The molecule has 5 heteroatoms. The number of ketones is 1. The summed E-state index contributed by atoms with van der Waals surface area (Å²) < 4.78 is 19.0. The van der Waals surface area contributed by atoms with Crippen molar-refractivity contribution in [1.29, 1.82) is 0 Å². The van der Waals surface area contributed by atoms with E-state index < -0.39 is 11.6 Å². The van der Waals surface area contributed by atoms with E-state index in [1.165, 1.54) is 19.2 Å². The van der Waals surface area contributed by atoms with Crippen LogP contribution in [0.15, 0.2) is 48.8 Å². The fourth-order valence-corrected chi connectivity index (χ4v) is 2.10. The van der Waals surface area contributed by atoms with Gasteiger partial charge in [-0.2, -0.15) is 0 Å². The third-order valence-electron chi connectivity index (χ3n) is 3.16. The molecule has 0 radical (unpaired) electrons. The van der Waals surface area contributed by atoms with Gasteiger partial charge in [0.15, 0.2) is 17.3 Å². The molecule has 3 rings (SSSR count). The maximum atomic E-state index is 14.1. The second-order valence-corrected chi connectivity index (χ2v) is 4.41. The summed E-state index contributed by atoms with van der Waals surface area (Å²) in [4.78, 5) is 20.7. The molecule has 4 nitrogen and oxygen atoms in total. The molecule has 1 aromatic heterocycles. The zero-order valence-corrected chi connectivity index (χ0v) is 11.2. The highest BCUT2D eigenvalue weighted by Crippen LogP contribution is 2.23. The maximum absolute atomic E-state index is 14.1. The van der Waals surface area contributed by atoms with Crippen molar-refractivity contribution >= 4 is 16.8 Å². The molecule has 0 aliphatic carbocycles. The number of benzene rings is 2. The van der Waals surface area contributed by atoms with E-state index in [9.17, 15) is 9.18 Å². The van der Waals surface area contributed by atoms with E-state index in [-0.39, 0.29) is 11.3 Å². The van der Waals surface area contributed by atoms with Gasteiger partial charge in [-0.3, -0.25) is 14.8 Å². The van der Waals surface area contributed by atoms with Crippen molar-refractivity contribution in [2.75, 3.05) is 7.11 Å². The number of carbonyl (C=O) groups is 1. The standard InChI is InChI=1S/C16H11FN2O2/c1-21-14-4-2-3-11(15(14)17)16(20)10-5-6-12-13(9-10)19-8-7-18-12/h2-9H,1H3. The number of carbonyl (C=O) groups excluding carboxylic acids is 1. The first kappa shape index (κ1) is 13.2. The van der Waals surface area contributed by atoms with Gasteiger partial charge in [0.05, 0.1) is 23.7 Å². The summed E-state index contributed by atoms with van der Waals surface area (Å²) in [5.74, 6) is -1.04. The molecule has 0 saturated heterocycles. The first-order chi connectivity index (χ1) is 10.2. The lowest BCUT2D eigenvalue weighted by Crippen LogP contribution is -2.05. The third kappa shape index (κ3) is 2.33. The summed E-state index contributed by atoms with van der Waals surface area (Å²) in [6, 6.07) is 9.38. The van der Waals surface area contributed by atoms with Crippen LogP contribution in [0.2, 0.25) is 0 Å². The fourth-order valence-electron chi connectivity index (χ4n) is 2.10. The van der Waals surface area contributed by atoms with Gasteiger partial charge in [0.25, 0.3) is 0 Å². The van der Waals surface area contributed by atoms with Gasteiger partial charge in [0, 0.05) is 18.0 Å². The Morgan fingerprint density at radius 2 is 1.86 bits per heavy atom. The summed E-state index contributed by atoms with van der Waals surface area (Å²) in [5.41, 5.74) is 1.60. The van der Waals surface area contributed by atoms with Gasteiger partial charge in [-0.1, -0.05) is 6.07 Å². The predicted octanol–water partition coefficient (Wildman–Crippen LogP) is 3.01. The van der Waals surface area contributed by atoms with Crippen LogP contribution in [0.3, 0.4) is 0 Å². The van der Waals surface area contributed by atoms with Crippen molar-refractivity contribution in [2.24, 2.45) is 0 Å². The largest absolute Gasteiger partial charge is 0.494 e. The highest BCUT2D eigenvalue weighted by molar-refractivity contribution is 6.10. The van der Waals surface area contributed by atoms with Crippen LogP contribution in [0.25, 0.3) is 11.0 Å². The van der Waals surface area contributed by atoms with Gasteiger partial charge in [-0.05, 0) is 30.3 Å². The number of ether oxygens (including phenoxy) is 1. The molecular formula is C16H11FN2O2. The second-order valence-electron chi connectivity index (χ2n) is 4.41. The van der Waals surface area contributed by atoms with Crippen LogP contribution in [-0.4, -0.2) is 22.9 Å². The first-order valence-corrected chi connectivity index (χ1v) is 6.28. The summed E-state index contributed by atoms with van der Waals surface area (Å²) >= 11 is 0. The molecule has 1 heterocycles. The van der Waals surface area contributed by atoms with Crippen molar-refractivity contribution in [3.63, 3.8) is 0 Å². The summed E-state index contributed by atoms with van der Waals surface area (Å²) in [5, 5.41) is 0. The molecule has 0 aliphatic rings. The number of fused-ring (bicyclic) bond motifs is 1. The summed E-state index contributed by atoms with van der Waals surface area (Å²) in [6.45, 7) is 0. The molecular weight excluding hydrogens is 271 g/mol. The highest BCUT2D eigenvalue weighted by atomic mass is 19.1. The molecule has 0 unspecified atom stereocenters. The molecule has 0 fully saturated rings. The quantitative estimate of drug-likeness (QED) is 0.693. The average molecular weight is 282 g/mol. The smallest absolute Gasteiger partial charge is 0.196 e. The van der Waals surface area contributed by atoms with Crippen LogP contribution in [0.5, 0.6) is 5.75 Å². The summed E-state index contributed by atoms with van der Waals surface area (Å²) in [7, 11) is 1.36. The number of rotatable bonds is 3. The van der Waals surface area contributed by atoms with E-state index in [4.69, 9.17) is 4.74 Å². The zero-order valence-electron chi connectivity index (χ0n) is 11.2. The number of hydrogen-bond donors (Lipinski definition) is 0. The molecule has 0 N–H and O–H groups in total. The monoisotopic (exact) mass is 282 g/mol. The molecule has 0 atom stereocenters. The Hall–Kier alpha value is -2.82. The molecule has 0 aliphatic heterocycles. The highest BCUT2D eigenvalue weighted by Gasteiger charge is 2.17. The maximum Gasteiger partial charge on any atom is 0.196 e. The number of aromatic nitrogens is 2. The molecule has 3 aromatic rings. The van der Waals surface area contributed by atoms with Crippen LogP contribution in [0.4, 0.5) is 4.39 Å². The third-order valence-corrected chi connectivity index (χ3v) is 3.16. The van der Waals surface area contributed by atoms with Gasteiger partial charge >= 0.3 is 0 Å². The van der Waals surface area contributed by atoms with Crippen molar-refractivity contribution in [3.8, 4) is 5.75 Å². The number of hydrogen-bond acceptors (Lipinski definition) is 4. The molecule has 0 spiro atoms. The number of halogens is 1. The second kappa shape index (κ2) is 5.28. The molecule has 104 valence electrons. The van der Waals surface area contributed by atoms with E-state index in [0.29, 0.717) is 16.6 Å². The van der Waals surface area contributed by atoms with Gasteiger partial charge in [-0.25, -0.2) is 4.39 Å². The SMILES string of the molecule is COc1cccc(C(=O)c2ccc3nccnc3c2)c1F. The van der Waals surface area contributed by atoms with E-state index in [1.807, 2.05) is 0 Å². The molecule has 0 amide bonds. The lowest BCUT2D eigenvalue weighted by atomic mass is 10.0. The van der Waals surface area contributed by atoms with Crippen LogP contribution in [0, 0.1) is 5.82 Å². The molecule has 2 aromatic carbocycles. The van der Waals surface area contributed by atoms with Crippen molar-refractivity contribution in [3.05, 3.63) is 65.7 Å². The number of nitrogens with zero attached hydrogens (tertiary/aromatic N) is 2. The Kier molecular flexibility index (Phi) is 3.31. The van der Waals surface area contributed by atoms with Crippen LogP contribution in [-0.2, 0) is 0 Å². The van der Waals surface area contributed by atoms with E-state index in [2.05, 4.69) is 9.97 Å². The Labute approximate surface area is 120 Å². The Bertz CT molecular complexity index is 833. The Balaban J connectivity index is 2.08. The minimum atomic E-state index is -0.663. The van der Waals surface area contributed by atoms with Gasteiger partial charge in [-0.15, -0.1) is 0 Å². The first-order valence-electron chi connectivity index (χ1n) is 6.28. The number of methoxy groups -OCH3 is 1. The Morgan fingerprint density at radius 1 is 1.10 bits per heavy atom. The lowest BCUT2D eigenvalue weighted by Gasteiger charge is -2.07. The normalized spacial score (nSPS) is 10.6. The lowest BCUT2D eigenvalue weighted by molar-refractivity contribution is 0.103. The molecule has 0 bridgehead atoms. The van der Waals surface area contributed by atoms with Crippen molar-refractivity contribution in [1.82, 2.24) is 9.97 Å². The fraction of sp³-hybridized carbons (Fsp3) is 0.0625. The van der Waals surface area contributed by atoms with E-state index in [0.717, 1.165) is 0 Å². The summed E-state index contributed by atoms with van der Waals surface area (Å²) in [6.07, 6.45) is 3.12. The molecule has 0 saturated carbocycles. The predicted molar refractivity (Wildman–Crippen MR) is 75.9 cm³/mol. The minimum absolute atomic E-state index is 0.0300. The van der Waals surface area contributed by atoms with Crippen molar-refractivity contribution < 1.29 is 13.9 Å². The van der Waals surface area contributed by atoms with Gasteiger partial charge in [0.1, 0.15) is 0 Å².